The van der Waals surface area contributed by atoms with E-state index in [0.717, 1.165) is 16.0 Å². The van der Waals surface area contributed by atoms with E-state index >= 15 is 0 Å². The molecule has 1 amide bonds. The lowest BCUT2D eigenvalue weighted by Gasteiger charge is -2.26. The summed E-state index contributed by atoms with van der Waals surface area (Å²) in [5.74, 6) is -0.113. The Kier molecular flexibility index (Phi) is 5.07. The molecule has 4 rings (SSSR count). The molecule has 8 heteroatoms. The summed E-state index contributed by atoms with van der Waals surface area (Å²) >= 11 is 1.54. The Hall–Kier alpha value is -2.45. The van der Waals surface area contributed by atoms with E-state index in [-0.39, 0.29) is 29.2 Å². The Balaban J connectivity index is 1.61. The first-order chi connectivity index (χ1) is 13.4. The molecule has 0 spiro atoms. The highest BCUT2D eigenvalue weighted by atomic mass is 32.2. The van der Waals surface area contributed by atoms with Crippen molar-refractivity contribution < 1.29 is 17.7 Å². The van der Waals surface area contributed by atoms with E-state index in [4.69, 9.17) is 4.52 Å². The van der Waals surface area contributed by atoms with Gasteiger partial charge in [-0.15, -0.1) is 11.3 Å². The van der Waals surface area contributed by atoms with E-state index in [2.05, 4.69) is 5.16 Å². The van der Waals surface area contributed by atoms with Gasteiger partial charge in [0.05, 0.1) is 18.1 Å². The van der Waals surface area contributed by atoms with E-state index in [1.165, 1.54) is 11.3 Å². The molecular weight excluding hydrogens is 396 g/mol. The SMILES string of the molecule is Cc1ccc(-c2cc(C(=O)N(Cc3cccs3)[C@@H]3CCS(=O)(=O)C3)on2)cc1. The minimum atomic E-state index is -3.11. The summed E-state index contributed by atoms with van der Waals surface area (Å²) in [7, 11) is -3.11. The van der Waals surface area contributed by atoms with Gasteiger partial charge in [0.15, 0.2) is 9.84 Å². The third-order valence-electron chi connectivity index (χ3n) is 4.88. The molecule has 28 heavy (non-hydrogen) atoms. The van der Waals surface area contributed by atoms with Gasteiger partial charge in [-0.2, -0.15) is 0 Å². The molecule has 0 bridgehead atoms. The fourth-order valence-electron chi connectivity index (χ4n) is 3.34. The second-order valence-electron chi connectivity index (χ2n) is 7.01. The van der Waals surface area contributed by atoms with Crippen molar-refractivity contribution in [3.63, 3.8) is 0 Å². The Morgan fingerprint density at radius 1 is 1.29 bits per heavy atom. The molecule has 1 aromatic carbocycles. The Labute approximate surface area is 167 Å². The number of carbonyl (C=O) groups is 1. The quantitative estimate of drug-likeness (QED) is 0.635. The molecular formula is C20H20N2O4S2. The van der Waals surface area contributed by atoms with Crippen LogP contribution in [0.1, 0.15) is 27.4 Å². The van der Waals surface area contributed by atoms with E-state index in [0.29, 0.717) is 18.7 Å². The van der Waals surface area contributed by atoms with Crippen LogP contribution in [0.5, 0.6) is 0 Å². The van der Waals surface area contributed by atoms with Crippen LogP contribution >= 0.6 is 11.3 Å². The van der Waals surface area contributed by atoms with Crippen molar-refractivity contribution in [1.29, 1.82) is 0 Å². The normalized spacial score (nSPS) is 18.2. The van der Waals surface area contributed by atoms with Crippen LogP contribution in [-0.2, 0) is 16.4 Å². The molecule has 1 aliphatic rings. The fourth-order valence-corrected chi connectivity index (χ4v) is 5.77. The van der Waals surface area contributed by atoms with Crippen LogP contribution < -0.4 is 0 Å². The highest BCUT2D eigenvalue weighted by Crippen LogP contribution is 2.26. The van der Waals surface area contributed by atoms with Gasteiger partial charge in [-0.1, -0.05) is 41.1 Å². The van der Waals surface area contributed by atoms with Crippen LogP contribution in [0.3, 0.4) is 0 Å². The maximum absolute atomic E-state index is 13.2. The number of aromatic nitrogens is 1. The zero-order valence-corrected chi connectivity index (χ0v) is 17.0. The summed E-state index contributed by atoms with van der Waals surface area (Å²) in [6, 6.07) is 12.9. The van der Waals surface area contributed by atoms with Crippen molar-refractivity contribution in [2.45, 2.75) is 25.9 Å². The standard InChI is InChI=1S/C20H20N2O4S2/c1-14-4-6-15(7-5-14)18-11-19(26-21-18)20(23)22(12-17-3-2-9-27-17)16-8-10-28(24,25)13-16/h2-7,9,11,16H,8,10,12-13H2,1H3/t16-/m1/s1. The fraction of sp³-hybridized carbons (Fsp3) is 0.300. The molecule has 3 aromatic rings. The Morgan fingerprint density at radius 3 is 2.71 bits per heavy atom. The van der Waals surface area contributed by atoms with Crippen molar-refractivity contribution in [2.24, 2.45) is 0 Å². The number of nitrogens with zero attached hydrogens (tertiary/aromatic N) is 2. The summed E-state index contributed by atoms with van der Waals surface area (Å²) in [5.41, 5.74) is 2.58. The number of amides is 1. The van der Waals surface area contributed by atoms with Gasteiger partial charge in [0.2, 0.25) is 5.76 Å². The number of thiophene rings is 1. The monoisotopic (exact) mass is 416 g/mol. The van der Waals surface area contributed by atoms with E-state index < -0.39 is 9.84 Å². The maximum atomic E-state index is 13.2. The predicted octanol–water partition coefficient (Wildman–Crippen LogP) is 3.54. The number of hydrogen-bond acceptors (Lipinski definition) is 6. The van der Waals surface area contributed by atoms with Gasteiger partial charge < -0.3 is 9.42 Å². The second-order valence-corrected chi connectivity index (χ2v) is 10.3. The van der Waals surface area contributed by atoms with E-state index in [1.807, 2.05) is 48.7 Å². The number of carbonyl (C=O) groups excluding carboxylic acids is 1. The van der Waals surface area contributed by atoms with Crippen LogP contribution in [-0.4, -0.2) is 41.9 Å². The summed E-state index contributed by atoms with van der Waals surface area (Å²) < 4.78 is 29.2. The molecule has 1 aliphatic heterocycles. The third kappa shape index (κ3) is 4.02. The highest BCUT2D eigenvalue weighted by molar-refractivity contribution is 7.91. The molecule has 0 N–H and O–H groups in total. The van der Waals surface area contributed by atoms with Crippen molar-refractivity contribution in [1.82, 2.24) is 10.1 Å². The van der Waals surface area contributed by atoms with Crippen LogP contribution in [0, 0.1) is 6.92 Å². The van der Waals surface area contributed by atoms with Gasteiger partial charge in [0.25, 0.3) is 5.91 Å². The van der Waals surface area contributed by atoms with E-state index in [1.54, 1.807) is 11.0 Å². The number of rotatable bonds is 5. The van der Waals surface area contributed by atoms with E-state index in [9.17, 15) is 13.2 Å². The lowest BCUT2D eigenvalue weighted by atomic mass is 10.1. The minimum Gasteiger partial charge on any atom is -0.350 e. The van der Waals surface area contributed by atoms with Gasteiger partial charge in [-0.25, -0.2) is 8.42 Å². The smallest absolute Gasteiger partial charge is 0.293 e. The topological polar surface area (TPSA) is 80.5 Å². The molecule has 146 valence electrons. The van der Waals surface area contributed by atoms with Gasteiger partial charge in [0.1, 0.15) is 5.69 Å². The van der Waals surface area contributed by atoms with Crippen molar-refractivity contribution in [3.05, 3.63) is 64.0 Å². The summed E-state index contributed by atoms with van der Waals surface area (Å²) in [6.45, 7) is 2.36. The molecule has 1 saturated heterocycles. The van der Waals surface area contributed by atoms with Crippen LogP contribution in [0.2, 0.25) is 0 Å². The number of sulfone groups is 1. The summed E-state index contributed by atoms with van der Waals surface area (Å²) in [6.07, 6.45) is 0.443. The molecule has 0 radical (unpaired) electrons. The third-order valence-corrected chi connectivity index (χ3v) is 7.50. The molecule has 1 fully saturated rings. The zero-order valence-electron chi connectivity index (χ0n) is 15.4. The van der Waals surface area contributed by atoms with Crippen molar-refractivity contribution in [3.8, 4) is 11.3 Å². The predicted molar refractivity (Wildman–Crippen MR) is 108 cm³/mol. The number of aryl methyl sites for hydroxylation is 1. The molecule has 0 saturated carbocycles. The summed E-state index contributed by atoms with van der Waals surface area (Å²) in [5, 5.41) is 5.97. The lowest BCUT2D eigenvalue weighted by molar-refractivity contribution is 0.0640. The first-order valence-corrected chi connectivity index (χ1v) is 11.7. The average molecular weight is 417 g/mol. The van der Waals surface area contributed by atoms with Gasteiger partial charge in [-0.3, -0.25) is 4.79 Å². The summed E-state index contributed by atoms with van der Waals surface area (Å²) in [4.78, 5) is 15.8. The van der Waals surface area contributed by atoms with Crippen molar-refractivity contribution in [2.75, 3.05) is 11.5 Å². The van der Waals surface area contributed by atoms with Crippen molar-refractivity contribution >= 4 is 27.1 Å². The Bertz CT molecular complexity index is 1070. The molecule has 2 aromatic heterocycles. The molecule has 0 aliphatic carbocycles. The largest absolute Gasteiger partial charge is 0.350 e. The van der Waals surface area contributed by atoms with Gasteiger partial charge in [-0.05, 0) is 24.8 Å². The second kappa shape index (κ2) is 7.52. The van der Waals surface area contributed by atoms with Gasteiger partial charge >= 0.3 is 0 Å². The maximum Gasteiger partial charge on any atom is 0.293 e. The molecule has 6 nitrogen and oxygen atoms in total. The highest BCUT2D eigenvalue weighted by Gasteiger charge is 2.36. The van der Waals surface area contributed by atoms with Crippen LogP contribution in [0.15, 0.2) is 52.4 Å². The average Bonchev–Trinajstić information content (AvgIpc) is 3.40. The molecule has 0 unspecified atom stereocenters. The zero-order chi connectivity index (χ0) is 19.7. The Morgan fingerprint density at radius 2 is 2.07 bits per heavy atom. The first-order valence-electron chi connectivity index (χ1n) is 8.99. The van der Waals surface area contributed by atoms with Gasteiger partial charge in [0, 0.05) is 22.5 Å². The lowest BCUT2D eigenvalue weighted by Crippen LogP contribution is -2.40. The molecule has 1 atom stereocenters. The number of benzene rings is 1. The minimum absolute atomic E-state index is 0.0108. The van der Waals surface area contributed by atoms with Crippen LogP contribution in [0.25, 0.3) is 11.3 Å². The number of hydrogen-bond donors (Lipinski definition) is 0. The van der Waals surface area contributed by atoms with Crippen LogP contribution in [0.4, 0.5) is 0 Å². The molecule has 3 heterocycles. The first kappa shape index (κ1) is 18.9.